The number of amides is 1. The molecule has 2 N–H and O–H groups in total. The van der Waals surface area contributed by atoms with Gasteiger partial charge in [0.25, 0.3) is 0 Å². The Morgan fingerprint density at radius 2 is 1.90 bits per heavy atom. The number of carbonyl (C=O) groups excluding carboxylic acids is 1. The fourth-order valence-electron chi connectivity index (χ4n) is 3.91. The molecule has 2 aromatic rings. The lowest BCUT2D eigenvalue weighted by Crippen LogP contribution is -2.45. The van der Waals surface area contributed by atoms with Crippen LogP contribution in [-0.4, -0.2) is 68.7 Å². The highest BCUT2D eigenvalue weighted by atomic mass is 32.2. The van der Waals surface area contributed by atoms with E-state index in [-0.39, 0.29) is 11.9 Å². The summed E-state index contributed by atoms with van der Waals surface area (Å²) >= 11 is 0. The molecule has 0 bridgehead atoms. The standard InChI is InChI=1S/C22H27N4O4S/c1-31(28,29)24-19-9-5-8-18(14-19)21-15-20(17-6-3-2-4-7-17)23-26(21)22(27)16-25-10-12-30-13-11-25/h2-9,14,20,23-24H,10-13,15-16H2,1H3/q+1. The topological polar surface area (TPSA) is 90.8 Å². The van der Waals surface area contributed by atoms with E-state index >= 15 is 0 Å². The monoisotopic (exact) mass is 443 g/mol. The van der Waals surface area contributed by atoms with Crippen molar-refractivity contribution in [3.8, 4) is 0 Å². The van der Waals surface area contributed by atoms with Crippen molar-refractivity contribution in [2.75, 3.05) is 43.8 Å². The average Bonchev–Trinajstić information content (AvgIpc) is 3.20. The SMILES string of the molecule is CS(=O)(=O)Nc1cccc(C2=[N+](C(=O)CN3CCOCC3)NC(c3ccccc3)C2)c1. The van der Waals surface area contributed by atoms with E-state index in [0.717, 1.165) is 36.2 Å². The van der Waals surface area contributed by atoms with Gasteiger partial charge in [0.1, 0.15) is 12.6 Å². The molecular formula is C22H27N4O4S+. The van der Waals surface area contributed by atoms with Gasteiger partial charge in [0.15, 0.2) is 0 Å². The highest BCUT2D eigenvalue weighted by Crippen LogP contribution is 2.25. The Kier molecular flexibility index (Phi) is 6.35. The van der Waals surface area contributed by atoms with Crippen LogP contribution in [0.4, 0.5) is 5.69 Å². The molecule has 2 aliphatic rings. The number of rotatable bonds is 6. The molecule has 4 rings (SSSR count). The lowest BCUT2D eigenvalue weighted by atomic mass is 9.99. The molecule has 1 saturated heterocycles. The molecule has 2 aliphatic heterocycles. The zero-order valence-corrected chi connectivity index (χ0v) is 18.3. The number of nitrogens with zero attached hydrogens (tertiary/aromatic N) is 2. The third-order valence-corrected chi connectivity index (χ3v) is 5.97. The molecule has 8 nitrogen and oxygen atoms in total. The van der Waals surface area contributed by atoms with E-state index in [1.165, 1.54) is 0 Å². The summed E-state index contributed by atoms with van der Waals surface area (Å²) in [6, 6.07) is 17.1. The number of carbonyl (C=O) groups is 1. The Bertz CT molecular complexity index is 1080. The Hall–Kier alpha value is -2.75. The molecule has 9 heteroatoms. The minimum Gasteiger partial charge on any atom is -0.379 e. The van der Waals surface area contributed by atoms with Crippen LogP contribution in [0.25, 0.3) is 0 Å². The molecule has 1 amide bonds. The van der Waals surface area contributed by atoms with Crippen molar-refractivity contribution in [3.05, 3.63) is 65.7 Å². The van der Waals surface area contributed by atoms with Crippen molar-refractivity contribution < 1.29 is 22.6 Å². The second-order valence-corrected chi connectivity index (χ2v) is 9.56. The van der Waals surface area contributed by atoms with Gasteiger partial charge in [-0.1, -0.05) is 36.4 Å². The van der Waals surface area contributed by atoms with Gasteiger partial charge in [-0.15, -0.1) is 0 Å². The molecular weight excluding hydrogens is 416 g/mol. The van der Waals surface area contributed by atoms with E-state index < -0.39 is 10.0 Å². The summed E-state index contributed by atoms with van der Waals surface area (Å²) in [5.74, 6) is -0.0446. The normalized spacial score (nSPS) is 19.8. The van der Waals surface area contributed by atoms with Crippen LogP contribution in [0.15, 0.2) is 54.6 Å². The van der Waals surface area contributed by atoms with E-state index in [1.807, 2.05) is 36.4 Å². The minimum atomic E-state index is -3.39. The fraction of sp³-hybridized carbons (Fsp3) is 0.364. The van der Waals surface area contributed by atoms with Gasteiger partial charge in [-0.3, -0.25) is 9.62 Å². The maximum atomic E-state index is 13.2. The lowest BCUT2D eigenvalue weighted by Gasteiger charge is -2.24. The van der Waals surface area contributed by atoms with Crippen LogP contribution in [-0.2, 0) is 19.6 Å². The highest BCUT2D eigenvalue weighted by molar-refractivity contribution is 7.92. The van der Waals surface area contributed by atoms with Crippen LogP contribution in [0, 0.1) is 0 Å². The molecule has 0 spiro atoms. The van der Waals surface area contributed by atoms with Gasteiger partial charge in [0, 0.05) is 24.3 Å². The average molecular weight is 444 g/mol. The van der Waals surface area contributed by atoms with Gasteiger partial charge >= 0.3 is 5.91 Å². The summed E-state index contributed by atoms with van der Waals surface area (Å²) < 4.78 is 32.8. The number of ether oxygens (including phenoxy) is 1. The van der Waals surface area contributed by atoms with Crippen molar-refractivity contribution >= 4 is 27.3 Å². The van der Waals surface area contributed by atoms with E-state index in [9.17, 15) is 13.2 Å². The summed E-state index contributed by atoms with van der Waals surface area (Å²) in [5.41, 5.74) is 6.55. The predicted octanol–water partition coefficient (Wildman–Crippen LogP) is 1.37. The zero-order chi connectivity index (χ0) is 21.8. The molecule has 0 radical (unpaired) electrons. The lowest BCUT2D eigenvalue weighted by molar-refractivity contribution is -0.506. The van der Waals surface area contributed by atoms with Gasteiger partial charge in [0.05, 0.1) is 25.9 Å². The first kappa shape index (κ1) is 21.5. The van der Waals surface area contributed by atoms with Crippen molar-refractivity contribution in [1.29, 1.82) is 0 Å². The van der Waals surface area contributed by atoms with Crippen molar-refractivity contribution in [1.82, 2.24) is 10.3 Å². The first-order chi connectivity index (χ1) is 14.9. The number of nitrogens with one attached hydrogen (secondary N) is 2. The third kappa shape index (κ3) is 5.49. The summed E-state index contributed by atoms with van der Waals surface area (Å²) in [5, 5.41) is 0. The number of hydrazine groups is 1. The first-order valence-electron chi connectivity index (χ1n) is 10.3. The second kappa shape index (κ2) is 9.17. The summed E-state index contributed by atoms with van der Waals surface area (Å²) in [4.78, 5) is 15.3. The van der Waals surface area contributed by atoms with E-state index in [1.54, 1.807) is 22.9 Å². The number of anilines is 1. The van der Waals surface area contributed by atoms with Crippen molar-refractivity contribution in [2.24, 2.45) is 0 Å². The smallest absolute Gasteiger partial charge is 0.379 e. The zero-order valence-electron chi connectivity index (χ0n) is 17.5. The van der Waals surface area contributed by atoms with Crippen molar-refractivity contribution in [2.45, 2.75) is 12.5 Å². The molecule has 0 aromatic heterocycles. The number of benzene rings is 2. The molecule has 1 unspecified atom stereocenters. The summed E-state index contributed by atoms with van der Waals surface area (Å²) in [6.45, 7) is 3.00. The number of hydrogen-bond donors (Lipinski definition) is 2. The Morgan fingerprint density at radius 1 is 1.16 bits per heavy atom. The molecule has 1 fully saturated rings. The van der Waals surface area contributed by atoms with Gasteiger partial charge in [-0.05, 0) is 28.4 Å². The maximum Gasteiger partial charge on any atom is 0.429 e. The van der Waals surface area contributed by atoms with Crippen molar-refractivity contribution in [3.63, 3.8) is 0 Å². The number of morpholine rings is 1. The van der Waals surface area contributed by atoms with Crippen LogP contribution in [0.3, 0.4) is 0 Å². The molecule has 2 aromatic carbocycles. The highest BCUT2D eigenvalue weighted by Gasteiger charge is 2.38. The largest absolute Gasteiger partial charge is 0.429 e. The fourth-order valence-corrected chi connectivity index (χ4v) is 4.46. The van der Waals surface area contributed by atoms with Gasteiger partial charge in [-0.25, -0.2) is 13.2 Å². The Balaban J connectivity index is 1.64. The Labute approximate surface area is 182 Å². The number of hydrogen-bond acceptors (Lipinski definition) is 6. The molecule has 1 atom stereocenters. The molecule has 2 heterocycles. The number of sulfonamides is 1. The third-order valence-electron chi connectivity index (χ3n) is 5.37. The predicted molar refractivity (Wildman–Crippen MR) is 118 cm³/mol. The number of hydrazone groups is 1. The van der Waals surface area contributed by atoms with E-state index in [4.69, 9.17) is 4.74 Å². The summed E-state index contributed by atoms with van der Waals surface area (Å²) in [7, 11) is -3.39. The van der Waals surface area contributed by atoms with E-state index in [0.29, 0.717) is 31.9 Å². The maximum absolute atomic E-state index is 13.2. The van der Waals surface area contributed by atoms with E-state index in [2.05, 4.69) is 15.0 Å². The van der Waals surface area contributed by atoms with Crippen LogP contribution in [0.2, 0.25) is 0 Å². The van der Waals surface area contributed by atoms with Crippen LogP contribution in [0.1, 0.15) is 23.6 Å². The van der Waals surface area contributed by atoms with Crippen LogP contribution >= 0.6 is 0 Å². The van der Waals surface area contributed by atoms with Gasteiger partial charge in [-0.2, -0.15) is 5.43 Å². The minimum absolute atomic E-state index is 0.0446. The van der Waals surface area contributed by atoms with Crippen LogP contribution in [0.5, 0.6) is 0 Å². The molecule has 31 heavy (non-hydrogen) atoms. The summed E-state index contributed by atoms with van der Waals surface area (Å²) in [6.07, 6.45) is 1.73. The second-order valence-electron chi connectivity index (χ2n) is 7.82. The molecule has 0 aliphatic carbocycles. The first-order valence-corrected chi connectivity index (χ1v) is 12.2. The molecule has 164 valence electrons. The van der Waals surface area contributed by atoms with Crippen LogP contribution < -0.4 is 10.1 Å². The van der Waals surface area contributed by atoms with Gasteiger partial charge < -0.3 is 4.74 Å². The quantitative estimate of drug-likeness (QED) is 0.656. The molecule has 0 saturated carbocycles. The Morgan fingerprint density at radius 3 is 2.61 bits per heavy atom. The van der Waals surface area contributed by atoms with Gasteiger partial charge in [0.2, 0.25) is 15.7 Å².